The molecule has 0 aliphatic heterocycles. The van der Waals surface area contributed by atoms with Crippen LogP contribution in [0.15, 0.2) is 54.6 Å². The number of unbranched alkanes of at least 4 members (excludes halogenated alkanes) is 2. The van der Waals surface area contributed by atoms with E-state index in [1.54, 1.807) is 25.3 Å². The van der Waals surface area contributed by atoms with Crippen LogP contribution in [-0.2, 0) is 16.0 Å². The number of carboxylic acids is 1. The van der Waals surface area contributed by atoms with Gasteiger partial charge in [-0.15, -0.1) is 0 Å². The standard InChI is InChI=1S/C24H29NO5/c1-3-4-8-15-30-21-13-11-19(17-22(21)29-2)12-14-23(26)25-20(24(27)28)16-18-9-6-5-7-10-18/h5-7,9-14,17,20H,3-4,8,15-16H2,1-2H3,(H,25,26)(H,27,28)/b14-12+. The van der Waals surface area contributed by atoms with Gasteiger partial charge in [0.1, 0.15) is 6.04 Å². The Morgan fingerprint density at radius 2 is 1.87 bits per heavy atom. The van der Waals surface area contributed by atoms with E-state index >= 15 is 0 Å². The lowest BCUT2D eigenvalue weighted by atomic mass is 10.1. The molecule has 0 saturated carbocycles. The summed E-state index contributed by atoms with van der Waals surface area (Å²) in [6.45, 7) is 2.76. The fourth-order valence-corrected chi connectivity index (χ4v) is 2.88. The van der Waals surface area contributed by atoms with Gasteiger partial charge in [0.05, 0.1) is 13.7 Å². The monoisotopic (exact) mass is 411 g/mol. The molecular formula is C24H29NO5. The summed E-state index contributed by atoms with van der Waals surface area (Å²) in [6, 6.07) is 13.6. The smallest absolute Gasteiger partial charge is 0.326 e. The number of carboxylic acid groups (broad SMARTS) is 1. The Balaban J connectivity index is 1.97. The fraction of sp³-hybridized carbons (Fsp3) is 0.333. The molecule has 0 heterocycles. The summed E-state index contributed by atoms with van der Waals surface area (Å²) in [6.07, 6.45) is 6.36. The van der Waals surface area contributed by atoms with Crippen molar-refractivity contribution in [3.05, 3.63) is 65.7 Å². The number of methoxy groups -OCH3 is 1. The Morgan fingerprint density at radius 3 is 2.53 bits per heavy atom. The van der Waals surface area contributed by atoms with Gasteiger partial charge in [-0.05, 0) is 35.8 Å². The van der Waals surface area contributed by atoms with Crippen LogP contribution >= 0.6 is 0 Å². The van der Waals surface area contributed by atoms with Crippen molar-refractivity contribution in [1.82, 2.24) is 5.32 Å². The van der Waals surface area contributed by atoms with E-state index in [0.717, 1.165) is 30.4 Å². The van der Waals surface area contributed by atoms with Crippen molar-refractivity contribution < 1.29 is 24.2 Å². The van der Waals surface area contributed by atoms with Gasteiger partial charge in [0.2, 0.25) is 5.91 Å². The zero-order valence-corrected chi connectivity index (χ0v) is 17.5. The highest BCUT2D eigenvalue weighted by atomic mass is 16.5. The van der Waals surface area contributed by atoms with E-state index in [9.17, 15) is 14.7 Å². The fourth-order valence-electron chi connectivity index (χ4n) is 2.88. The molecule has 1 amide bonds. The molecule has 0 aromatic heterocycles. The number of carbonyl (C=O) groups is 2. The molecule has 2 aromatic carbocycles. The normalized spacial score (nSPS) is 11.8. The molecule has 0 saturated heterocycles. The van der Waals surface area contributed by atoms with Gasteiger partial charge in [0, 0.05) is 12.5 Å². The zero-order valence-electron chi connectivity index (χ0n) is 17.5. The topological polar surface area (TPSA) is 84.9 Å². The van der Waals surface area contributed by atoms with E-state index in [1.165, 1.54) is 6.08 Å². The van der Waals surface area contributed by atoms with Gasteiger partial charge in [-0.25, -0.2) is 4.79 Å². The maximum absolute atomic E-state index is 12.2. The second-order valence-corrected chi connectivity index (χ2v) is 6.89. The summed E-state index contributed by atoms with van der Waals surface area (Å²) >= 11 is 0. The third-order valence-corrected chi connectivity index (χ3v) is 4.52. The zero-order chi connectivity index (χ0) is 21.8. The number of nitrogens with one attached hydrogen (secondary N) is 1. The van der Waals surface area contributed by atoms with Crippen molar-refractivity contribution in [2.24, 2.45) is 0 Å². The Hall–Kier alpha value is -3.28. The molecule has 2 rings (SSSR count). The van der Waals surface area contributed by atoms with E-state index < -0.39 is 17.9 Å². The van der Waals surface area contributed by atoms with Crippen molar-refractivity contribution in [3.8, 4) is 11.5 Å². The molecule has 30 heavy (non-hydrogen) atoms. The van der Waals surface area contributed by atoms with Crippen LogP contribution in [0.1, 0.15) is 37.3 Å². The van der Waals surface area contributed by atoms with E-state index in [-0.39, 0.29) is 6.42 Å². The number of carbonyl (C=O) groups excluding carboxylic acids is 1. The lowest BCUT2D eigenvalue weighted by Gasteiger charge is -2.13. The number of aliphatic carboxylic acids is 1. The molecular weight excluding hydrogens is 382 g/mol. The molecule has 0 spiro atoms. The Labute approximate surface area is 177 Å². The first-order chi connectivity index (χ1) is 14.5. The molecule has 0 bridgehead atoms. The maximum Gasteiger partial charge on any atom is 0.326 e. The molecule has 6 heteroatoms. The van der Waals surface area contributed by atoms with Gasteiger partial charge in [-0.1, -0.05) is 56.2 Å². The summed E-state index contributed by atoms with van der Waals surface area (Å²) in [7, 11) is 1.56. The highest BCUT2D eigenvalue weighted by molar-refractivity contribution is 5.94. The van der Waals surface area contributed by atoms with Gasteiger partial charge >= 0.3 is 5.97 Å². The van der Waals surface area contributed by atoms with Gasteiger partial charge < -0.3 is 19.9 Å². The average molecular weight is 411 g/mol. The van der Waals surface area contributed by atoms with Crippen molar-refractivity contribution in [2.45, 2.75) is 38.6 Å². The van der Waals surface area contributed by atoms with Crippen molar-refractivity contribution in [1.29, 1.82) is 0 Å². The van der Waals surface area contributed by atoms with Crippen LogP contribution in [0.2, 0.25) is 0 Å². The summed E-state index contributed by atoms with van der Waals surface area (Å²) in [5, 5.41) is 11.9. The van der Waals surface area contributed by atoms with Gasteiger partial charge in [0.15, 0.2) is 11.5 Å². The first-order valence-corrected chi connectivity index (χ1v) is 10.1. The number of hydrogen-bond acceptors (Lipinski definition) is 4. The SMILES string of the molecule is CCCCCOc1ccc(/C=C/C(=O)NC(Cc2ccccc2)C(=O)O)cc1OC. The number of amides is 1. The highest BCUT2D eigenvalue weighted by Gasteiger charge is 2.19. The largest absolute Gasteiger partial charge is 0.493 e. The molecule has 0 radical (unpaired) electrons. The lowest BCUT2D eigenvalue weighted by Crippen LogP contribution is -2.41. The molecule has 160 valence electrons. The van der Waals surface area contributed by atoms with Crippen LogP contribution in [0.5, 0.6) is 11.5 Å². The molecule has 2 aromatic rings. The summed E-state index contributed by atoms with van der Waals surface area (Å²) in [5.41, 5.74) is 1.59. The van der Waals surface area contributed by atoms with Crippen molar-refractivity contribution >= 4 is 18.0 Å². The third-order valence-electron chi connectivity index (χ3n) is 4.52. The lowest BCUT2D eigenvalue weighted by molar-refractivity contribution is -0.141. The predicted octanol–water partition coefficient (Wildman–Crippen LogP) is 4.09. The first-order valence-electron chi connectivity index (χ1n) is 10.1. The van der Waals surface area contributed by atoms with Crippen LogP contribution in [0.25, 0.3) is 6.08 Å². The Kier molecular flexibility index (Phi) is 9.45. The summed E-state index contributed by atoms with van der Waals surface area (Å²) < 4.78 is 11.1. The molecule has 1 unspecified atom stereocenters. The van der Waals surface area contributed by atoms with Crippen LogP contribution < -0.4 is 14.8 Å². The molecule has 0 fully saturated rings. The first kappa shape index (κ1) is 23.0. The van der Waals surface area contributed by atoms with Gasteiger partial charge in [-0.2, -0.15) is 0 Å². The second kappa shape index (κ2) is 12.3. The molecule has 0 aliphatic rings. The van der Waals surface area contributed by atoms with E-state index in [4.69, 9.17) is 9.47 Å². The van der Waals surface area contributed by atoms with Crippen molar-refractivity contribution in [2.75, 3.05) is 13.7 Å². The van der Waals surface area contributed by atoms with Crippen molar-refractivity contribution in [3.63, 3.8) is 0 Å². The van der Waals surface area contributed by atoms with Crippen LogP contribution in [0.4, 0.5) is 0 Å². The van der Waals surface area contributed by atoms with Crippen LogP contribution in [0, 0.1) is 0 Å². The second-order valence-electron chi connectivity index (χ2n) is 6.89. The molecule has 2 N–H and O–H groups in total. The summed E-state index contributed by atoms with van der Waals surface area (Å²) in [4.78, 5) is 23.7. The molecule has 6 nitrogen and oxygen atoms in total. The van der Waals surface area contributed by atoms with Gasteiger partial charge in [0.25, 0.3) is 0 Å². The average Bonchev–Trinajstić information content (AvgIpc) is 2.76. The van der Waals surface area contributed by atoms with Crippen LogP contribution in [0.3, 0.4) is 0 Å². The summed E-state index contributed by atoms with van der Waals surface area (Å²) in [5.74, 6) is -0.311. The number of rotatable bonds is 12. The van der Waals surface area contributed by atoms with Gasteiger partial charge in [-0.3, -0.25) is 4.79 Å². The number of hydrogen-bond donors (Lipinski definition) is 2. The minimum Gasteiger partial charge on any atom is -0.493 e. The van der Waals surface area contributed by atoms with E-state index in [2.05, 4.69) is 12.2 Å². The van der Waals surface area contributed by atoms with Crippen LogP contribution in [-0.4, -0.2) is 36.7 Å². The quantitative estimate of drug-likeness (QED) is 0.406. The van der Waals surface area contributed by atoms with E-state index in [0.29, 0.717) is 18.1 Å². The van der Waals surface area contributed by atoms with E-state index in [1.807, 2.05) is 36.4 Å². The maximum atomic E-state index is 12.2. The molecule has 1 atom stereocenters. The third kappa shape index (κ3) is 7.62. The predicted molar refractivity (Wildman–Crippen MR) is 117 cm³/mol. The Bertz CT molecular complexity index is 848. The minimum absolute atomic E-state index is 0.216. The molecule has 0 aliphatic carbocycles. The highest BCUT2D eigenvalue weighted by Crippen LogP contribution is 2.28. The number of ether oxygens (including phenoxy) is 2. The number of benzene rings is 2. The Morgan fingerprint density at radius 1 is 1.10 bits per heavy atom. The minimum atomic E-state index is -1.08.